The number of anilines is 3. The average Bonchev–Trinajstić information content (AvgIpc) is 2.92. The van der Waals surface area contributed by atoms with Gasteiger partial charge in [-0.1, -0.05) is 12.8 Å². The van der Waals surface area contributed by atoms with Crippen molar-refractivity contribution < 1.29 is 9.59 Å². The van der Waals surface area contributed by atoms with Gasteiger partial charge in [0.1, 0.15) is 0 Å². The quantitative estimate of drug-likeness (QED) is 0.881. The molecule has 0 atom stereocenters. The largest absolute Gasteiger partial charge is 0.339 e. The van der Waals surface area contributed by atoms with Crippen molar-refractivity contribution in [2.75, 3.05) is 23.7 Å². The van der Waals surface area contributed by atoms with E-state index < -0.39 is 0 Å². The van der Waals surface area contributed by atoms with E-state index in [4.69, 9.17) is 0 Å². The Bertz CT molecular complexity index is 751. The second kappa shape index (κ2) is 8.42. The van der Waals surface area contributed by atoms with E-state index in [0.29, 0.717) is 11.5 Å². The zero-order chi connectivity index (χ0) is 18.4. The lowest BCUT2D eigenvalue weighted by atomic mass is 10.2. The van der Waals surface area contributed by atoms with Gasteiger partial charge in [0.15, 0.2) is 11.5 Å². The summed E-state index contributed by atoms with van der Waals surface area (Å²) in [6.07, 6.45) is 4.46. The molecule has 0 spiro atoms. The number of nitrogens with one attached hydrogen (secondary N) is 2. The van der Waals surface area contributed by atoms with Crippen LogP contribution in [0.2, 0.25) is 0 Å². The minimum absolute atomic E-state index is 0.0504. The lowest BCUT2D eigenvalue weighted by Crippen LogP contribution is -2.32. The summed E-state index contributed by atoms with van der Waals surface area (Å²) in [6.45, 7) is 3.05. The number of benzene rings is 1. The molecule has 2 aromatic rings. The van der Waals surface area contributed by atoms with E-state index in [-0.39, 0.29) is 11.8 Å². The number of hydrogen-bond acceptors (Lipinski definition) is 5. The number of carbonyl (C=O) groups excluding carboxylic acids is 2. The summed E-state index contributed by atoms with van der Waals surface area (Å²) in [5.74, 6) is 0.400. The van der Waals surface area contributed by atoms with Crippen LogP contribution in [0.3, 0.4) is 0 Å². The van der Waals surface area contributed by atoms with Crippen molar-refractivity contribution in [2.24, 2.45) is 0 Å². The Kier molecular flexibility index (Phi) is 5.78. The van der Waals surface area contributed by atoms with Crippen molar-refractivity contribution in [2.45, 2.75) is 32.6 Å². The predicted octanol–water partition coefficient (Wildman–Crippen LogP) is 3.19. The molecule has 0 aliphatic carbocycles. The molecule has 0 unspecified atom stereocenters. The van der Waals surface area contributed by atoms with Crippen LogP contribution >= 0.6 is 0 Å². The van der Waals surface area contributed by atoms with Gasteiger partial charge in [0.05, 0.1) is 0 Å². The van der Waals surface area contributed by atoms with Crippen molar-refractivity contribution in [1.82, 2.24) is 15.1 Å². The second-order valence-corrected chi connectivity index (χ2v) is 6.39. The highest BCUT2D eigenvalue weighted by Crippen LogP contribution is 2.18. The molecule has 26 heavy (non-hydrogen) atoms. The van der Waals surface area contributed by atoms with Gasteiger partial charge < -0.3 is 15.5 Å². The zero-order valence-electron chi connectivity index (χ0n) is 14.9. The lowest BCUT2D eigenvalue weighted by molar-refractivity contribution is -0.114. The summed E-state index contributed by atoms with van der Waals surface area (Å²) < 4.78 is 0. The van der Waals surface area contributed by atoms with E-state index in [2.05, 4.69) is 20.8 Å². The van der Waals surface area contributed by atoms with Gasteiger partial charge in [0.25, 0.3) is 5.91 Å². The number of rotatable bonds is 4. The van der Waals surface area contributed by atoms with E-state index >= 15 is 0 Å². The Balaban J connectivity index is 1.62. The molecule has 7 nitrogen and oxygen atoms in total. The summed E-state index contributed by atoms with van der Waals surface area (Å²) in [7, 11) is 0. The second-order valence-electron chi connectivity index (χ2n) is 6.39. The minimum atomic E-state index is -0.110. The van der Waals surface area contributed by atoms with E-state index in [1.807, 2.05) is 17.0 Å². The first-order chi connectivity index (χ1) is 12.6. The van der Waals surface area contributed by atoms with E-state index in [0.717, 1.165) is 37.3 Å². The number of hydrogen-bond donors (Lipinski definition) is 2. The topological polar surface area (TPSA) is 87.2 Å². The number of carbonyl (C=O) groups is 2. The Labute approximate surface area is 152 Å². The molecular formula is C19H23N5O2. The fourth-order valence-corrected chi connectivity index (χ4v) is 2.94. The van der Waals surface area contributed by atoms with Crippen LogP contribution in [0, 0.1) is 0 Å². The molecule has 2 heterocycles. The maximum atomic E-state index is 12.5. The molecule has 1 aliphatic heterocycles. The van der Waals surface area contributed by atoms with Crippen LogP contribution in [0.1, 0.15) is 43.1 Å². The van der Waals surface area contributed by atoms with Gasteiger partial charge in [0.2, 0.25) is 5.91 Å². The standard InChI is InChI=1S/C19H23N5O2/c1-14(25)20-15-6-8-16(9-7-15)21-18-11-10-17(22-23-18)19(26)24-12-4-2-3-5-13-24/h6-11H,2-5,12-13H2,1H3,(H,20,25)(H,21,23). The molecule has 0 bridgehead atoms. The molecule has 2 N–H and O–H groups in total. The average molecular weight is 353 g/mol. The van der Waals surface area contributed by atoms with Crippen molar-refractivity contribution in [3.8, 4) is 0 Å². The molecule has 7 heteroatoms. The third-order valence-electron chi connectivity index (χ3n) is 4.25. The first-order valence-corrected chi connectivity index (χ1v) is 8.89. The van der Waals surface area contributed by atoms with Gasteiger partial charge in [-0.05, 0) is 49.2 Å². The predicted molar refractivity (Wildman–Crippen MR) is 100 cm³/mol. The summed E-state index contributed by atoms with van der Waals surface area (Å²) >= 11 is 0. The summed E-state index contributed by atoms with van der Waals surface area (Å²) in [5, 5.41) is 14.0. The van der Waals surface area contributed by atoms with Crippen LogP contribution in [-0.2, 0) is 4.79 Å². The molecule has 1 aromatic carbocycles. The summed E-state index contributed by atoms with van der Waals surface area (Å²) in [6, 6.07) is 10.7. The Morgan fingerprint density at radius 2 is 1.54 bits per heavy atom. The van der Waals surface area contributed by atoms with Gasteiger partial charge in [-0.3, -0.25) is 9.59 Å². The van der Waals surface area contributed by atoms with E-state index in [9.17, 15) is 9.59 Å². The number of nitrogens with zero attached hydrogens (tertiary/aromatic N) is 3. The maximum Gasteiger partial charge on any atom is 0.274 e. The minimum Gasteiger partial charge on any atom is -0.339 e. The van der Waals surface area contributed by atoms with Crippen LogP contribution in [0.15, 0.2) is 36.4 Å². The van der Waals surface area contributed by atoms with Crippen LogP contribution in [0.4, 0.5) is 17.2 Å². The van der Waals surface area contributed by atoms with Gasteiger partial charge in [-0.2, -0.15) is 0 Å². The van der Waals surface area contributed by atoms with E-state index in [1.165, 1.54) is 19.8 Å². The normalized spacial score (nSPS) is 14.4. The van der Waals surface area contributed by atoms with Crippen LogP contribution < -0.4 is 10.6 Å². The van der Waals surface area contributed by atoms with Crippen molar-refractivity contribution in [3.63, 3.8) is 0 Å². The molecule has 2 amide bonds. The van der Waals surface area contributed by atoms with Gasteiger partial charge in [-0.15, -0.1) is 10.2 Å². The molecule has 1 aromatic heterocycles. The Morgan fingerprint density at radius 1 is 0.885 bits per heavy atom. The molecule has 1 fully saturated rings. The Hall–Kier alpha value is -2.96. The third kappa shape index (κ3) is 4.78. The van der Waals surface area contributed by atoms with E-state index in [1.54, 1.807) is 24.3 Å². The smallest absolute Gasteiger partial charge is 0.274 e. The van der Waals surface area contributed by atoms with Gasteiger partial charge in [0, 0.05) is 31.4 Å². The fraction of sp³-hybridized carbons (Fsp3) is 0.368. The highest BCUT2D eigenvalue weighted by Gasteiger charge is 2.18. The van der Waals surface area contributed by atoms with Crippen molar-refractivity contribution in [1.29, 1.82) is 0 Å². The molecule has 0 saturated carbocycles. The molecule has 1 saturated heterocycles. The summed E-state index contributed by atoms with van der Waals surface area (Å²) in [5.41, 5.74) is 1.92. The highest BCUT2D eigenvalue weighted by molar-refractivity contribution is 5.92. The summed E-state index contributed by atoms with van der Waals surface area (Å²) in [4.78, 5) is 25.4. The third-order valence-corrected chi connectivity index (χ3v) is 4.25. The monoisotopic (exact) mass is 353 g/mol. The maximum absolute atomic E-state index is 12.5. The van der Waals surface area contributed by atoms with Crippen LogP contribution in [0.25, 0.3) is 0 Å². The number of aromatic nitrogens is 2. The van der Waals surface area contributed by atoms with Gasteiger partial charge in [-0.25, -0.2) is 0 Å². The fourth-order valence-electron chi connectivity index (χ4n) is 2.94. The number of amides is 2. The van der Waals surface area contributed by atoms with Crippen molar-refractivity contribution >= 4 is 29.0 Å². The van der Waals surface area contributed by atoms with Gasteiger partial charge >= 0.3 is 0 Å². The highest BCUT2D eigenvalue weighted by atomic mass is 16.2. The van der Waals surface area contributed by atoms with Crippen molar-refractivity contribution in [3.05, 3.63) is 42.1 Å². The first kappa shape index (κ1) is 17.8. The van der Waals surface area contributed by atoms with Crippen LogP contribution in [-0.4, -0.2) is 40.0 Å². The molecule has 3 rings (SSSR count). The Morgan fingerprint density at radius 3 is 2.12 bits per heavy atom. The molecule has 136 valence electrons. The SMILES string of the molecule is CC(=O)Nc1ccc(Nc2ccc(C(=O)N3CCCCCC3)nn2)cc1. The molecular weight excluding hydrogens is 330 g/mol. The first-order valence-electron chi connectivity index (χ1n) is 8.89. The molecule has 1 aliphatic rings. The lowest BCUT2D eigenvalue weighted by Gasteiger charge is -2.19. The zero-order valence-corrected chi connectivity index (χ0v) is 14.9. The van der Waals surface area contributed by atoms with Crippen LogP contribution in [0.5, 0.6) is 0 Å². The number of likely N-dealkylation sites (tertiary alicyclic amines) is 1. The molecule has 0 radical (unpaired) electrons.